The third kappa shape index (κ3) is 4.21. The van der Waals surface area contributed by atoms with Crippen molar-refractivity contribution >= 4 is 11.7 Å². The van der Waals surface area contributed by atoms with Gasteiger partial charge in [-0.25, -0.2) is 0 Å². The van der Waals surface area contributed by atoms with Gasteiger partial charge < -0.3 is 10.2 Å². The molecule has 1 aliphatic rings. The SMILES string of the molecule is Cc1ccc(-c2ccc(N3CCC[C@H](C(=O)NC(C)C)C3)nn2)cc1C. The fourth-order valence-corrected chi connectivity index (χ4v) is 3.35. The molecule has 138 valence electrons. The largest absolute Gasteiger partial charge is 0.354 e. The molecule has 1 fully saturated rings. The van der Waals surface area contributed by atoms with Crippen LogP contribution in [-0.2, 0) is 4.79 Å². The van der Waals surface area contributed by atoms with E-state index in [0.717, 1.165) is 36.5 Å². The van der Waals surface area contributed by atoms with Crippen molar-refractivity contribution in [2.24, 2.45) is 5.92 Å². The lowest BCUT2D eigenvalue weighted by atomic mass is 9.97. The van der Waals surface area contributed by atoms with Gasteiger partial charge in [-0.1, -0.05) is 12.1 Å². The van der Waals surface area contributed by atoms with Crippen LogP contribution in [0.2, 0.25) is 0 Å². The number of carbonyl (C=O) groups is 1. The Balaban J connectivity index is 1.71. The summed E-state index contributed by atoms with van der Waals surface area (Å²) in [6.07, 6.45) is 1.93. The Morgan fingerprint density at radius 1 is 1.15 bits per heavy atom. The Morgan fingerprint density at radius 3 is 2.62 bits per heavy atom. The molecule has 0 aliphatic carbocycles. The summed E-state index contributed by atoms with van der Waals surface area (Å²) in [5, 5.41) is 11.9. The summed E-state index contributed by atoms with van der Waals surface area (Å²) >= 11 is 0. The molecule has 0 bridgehead atoms. The average molecular weight is 352 g/mol. The van der Waals surface area contributed by atoms with Crippen LogP contribution in [0.3, 0.4) is 0 Å². The summed E-state index contributed by atoms with van der Waals surface area (Å²) in [4.78, 5) is 14.5. The average Bonchev–Trinajstić information content (AvgIpc) is 2.64. The first kappa shape index (κ1) is 18.4. The van der Waals surface area contributed by atoms with E-state index in [1.807, 2.05) is 26.0 Å². The molecule has 5 heteroatoms. The zero-order valence-corrected chi connectivity index (χ0v) is 16.1. The first-order valence-electron chi connectivity index (χ1n) is 9.40. The lowest BCUT2D eigenvalue weighted by Crippen LogP contribution is -2.45. The predicted octanol–water partition coefficient (Wildman–Crippen LogP) is 3.50. The predicted molar refractivity (Wildman–Crippen MR) is 105 cm³/mol. The highest BCUT2D eigenvalue weighted by atomic mass is 16.2. The smallest absolute Gasteiger partial charge is 0.225 e. The van der Waals surface area contributed by atoms with Crippen LogP contribution >= 0.6 is 0 Å². The molecule has 1 aromatic carbocycles. The normalized spacial score (nSPS) is 17.4. The maximum Gasteiger partial charge on any atom is 0.225 e. The lowest BCUT2D eigenvalue weighted by Gasteiger charge is -2.33. The first-order chi connectivity index (χ1) is 12.4. The van der Waals surface area contributed by atoms with E-state index in [-0.39, 0.29) is 17.9 Å². The molecule has 1 amide bonds. The molecule has 5 nitrogen and oxygen atoms in total. The van der Waals surface area contributed by atoms with Gasteiger partial charge in [0, 0.05) is 24.7 Å². The lowest BCUT2D eigenvalue weighted by molar-refractivity contribution is -0.125. The second-order valence-corrected chi connectivity index (χ2v) is 7.52. The van der Waals surface area contributed by atoms with E-state index in [0.29, 0.717) is 6.54 Å². The van der Waals surface area contributed by atoms with Crippen LogP contribution in [0, 0.1) is 19.8 Å². The molecule has 1 saturated heterocycles. The summed E-state index contributed by atoms with van der Waals surface area (Å²) in [7, 11) is 0. The van der Waals surface area contributed by atoms with E-state index in [1.165, 1.54) is 11.1 Å². The number of carbonyl (C=O) groups excluding carboxylic acids is 1. The summed E-state index contributed by atoms with van der Waals surface area (Å²) in [6, 6.07) is 10.5. The van der Waals surface area contributed by atoms with E-state index in [9.17, 15) is 4.79 Å². The van der Waals surface area contributed by atoms with Crippen molar-refractivity contribution < 1.29 is 4.79 Å². The van der Waals surface area contributed by atoms with Gasteiger partial charge in [-0.15, -0.1) is 10.2 Å². The van der Waals surface area contributed by atoms with Crippen molar-refractivity contribution in [3.05, 3.63) is 41.5 Å². The van der Waals surface area contributed by atoms with Gasteiger partial charge in [-0.3, -0.25) is 4.79 Å². The van der Waals surface area contributed by atoms with Crippen molar-refractivity contribution in [1.29, 1.82) is 0 Å². The van der Waals surface area contributed by atoms with E-state index >= 15 is 0 Å². The molecule has 1 atom stereocenters. The highest BCUT2D eigenvalue weighted by Gasteiger charge is 2.27. The number of rotatable bonds is 4. The standard InChI is InChI=1S/C21H28N4O/c1-14(2)22-21(26)18-6-5-11-25(13-18)20-10-9-19(23-24-20)17-8-7-15(3)16(4)12-17/h7-10,12,14,18H,5-6,11,13H2,1-4H3,(H,22,26)/t18-/m0/s1. The maximum atomic E-state index is 12.3. The minimum Gasteiger partial charge on any atom is -0.354 e. The molecule has 0 unspecified atom stereocenters. The Kier molecular flexibility index (Phi) is 5.55. The molecular weight excluding hydrogens is 324 g/mol. The van der Waals surface area contributed by atoms with Crippen LogP contribution in [0.5, 0.6) is 0 Å². The van der Waals surface area contributed by atoms with Gasteiger partial charge in [0.2, 0.25) is 5.91 Å². The van der Waals surface area contributed by atoms with Crippen molar-refractivity contribution in [1.82, 2.24) is 15.5 Å². The number of piperidine rings is 1. The zero-order valence-electron chi connectivity index (χ0n) is 16.1. The van der Waals surface area contributed by atoms with Gasteiger partial charge in [-0.05, 0) is 69.9 Å². The van der Waals surface area contributed by atoms with Gasteiger partial charge in [0.1, 0.15) is 0 Å². The monoisotopic (exact) mass is 352 g/mol. The zero-order chi connectivity index (χ0) is 18.7. The molecule has 0 radical (unpaired) electrons. The molecule has 2 heterocycles. The third-order valence-electron chi connectivity index (χ3n) is 5.00. The molecule has 2 aromatic rings. The Hall–Kier alpha value is -2.43. The minimum atomic E-state index is 0.0207. The maximum absolute atomic E-state index is 12.3. The molecule has 26 heavy (non-hydrogen) atoms. The second kappa shape index (κ2) is 7.85. The third-order valence-corrected chi connectivity index (χ3v) is 5.00. The number of nitrogens with one attached hydrogen (secondary N) is 1. The summed E-state index contributed by atoms with van der Waals surface area (Å²) in [5.41, 5.74) is 4.49. The summed E-state index contributed by atoms with van der Waals surface area (Å²) in [5.74, 6) is 1.01. The molecule has 3 rings (SSSR count). The number of aryl methyl sites for hydroxylation is 2. The van der Waals surface area contributed by atoms with Crippen LogP contribution in [0.15, 0.2) is 30.3 Å². The number of amides is 1. The highest BCUT2D eigenvalue weighted by Crippen LogP contribution is 2.24. The number of hydrogen-bond donors (Lipinski definition) is 1. The highest BCUT2D eigenvalue weighted by molar-refractivity contribution is 5.79. The van der Waals surface area contributed by atoms with Crippen LogP contribution in [0.4, 0.5) is 5.82 Å². The van der Waals surface area contributed by atoms with Gasteiger partial charge in [0.25, 0.3) is 0 Å². The van der Waals surface area contributed by atoms with Crippen molar-refractivity contribution in [3.63, 3.8) is 0 Å². The molecule has 1 aliphatic heterocycles. The van der Waals surface area contributed by atoms with Crippen molar-refractivity contribution in [2.45, 2.75) is 46.6 Å². The minimum absolute atomic E-state index is 0.0207. The molecule has 1 N–H and O–H groups in total. The Labute approximate surface area is 155 Å². The van der Waals surface area contributed by atoms with Gasteiger partial charge in [-0.2, -0.15) is 0 Å². The van der Waals surface area contributed by atoms with Gasteiger partial charge in [0.05, 0.1) is 11.6 Å². The molecule has 0 saturated carbocycles. The van der Waals surface area contributed by atoms with Gasteiger partial charge in [0.15, 0.2) is 5.82 Å². The van der Waals surface area contributed by atoms with Crippen molar-refractivity contribution in [2.75, 3.05) is 18.0 Å². The summed E-state index contributed by atoms with van der Waals surface area (Å²) < 4.78 is 0. The fraction of sp³-hybridized carbons (Fsp3) is 0.476. The quantitative estimate of drug-likeness (QED) is 0.915. The summed E-state index contributed by atoms with van der Waals surface area (Å²) in [6.45, 7) is 9.83. The number of benzene rings is 1. The van der Waals surface area contributed by atoms with E-state index in [4.69, 9.17) is 0 Å². The molecule has 1 aromatic heterocycles. The van der Waals surface area contributed by atoms with Crippen molar-refractivity contribution in [3.8, 4) is 11.3 Å². The second-order valence-electron chi connectivity index (χ2n) is 7.52. The van der Waals surface area contributed by atoms with Crippen LogP contribution in [-0.4, -0.2) is 35.2 Å². The number of aromatic nitrogens is 2. The van der Waals surface area contributed by atoms with E-state index in [1.54, 1.807) is 0 Å². The van der Waals surface area contributed by atoms with Crippen LogP contribution in [0.1, 0.15) is 37.8 Å². The first-order valence-corrected chi connectivity index (χ1v) is 9.40. The Morgan fingerprint density at radius 2 is 1.96 bits per heavy atom. The van der Waals surface area contributed by atoms with E-state index in [2.05, 4.69) is 52.5 Å². The Bertz CT molecular complexity index is 770. The fourth-order valence-electron chi connectivity index (χ4n) is 3.35. The topological polar surface area (TPSA) is 58.1 Å². The number of anilines is 1. The van der Waals surface area contributed by atoms with Crippen LogP contribution in [0.25, 0.3) is 11.3 Å². The number of nitrogens with zero attached hydrogens (tertiary/aromatic N) is 3. The molecule has 0 spiro atoms. The van der Waals surface area contributed by atoms with Gasteiger partial charge >= 0.3 is 0 Å². The van der Waals surface area contributed by atoms with Crippen LogP contribution < -0.4 is 10.2 Å². The molecular formula is C21H28N4O. The number of hydrogen-bond acceptors (Lipinski definition) is 4. The van der Waals surface area contributed by atoms with E-state index < -0.39 is 0 Å².